The van der Waals surface area contributed by atoms with Crippen LogP contribution in [0.25, 0.3) is 0 Å². The molecule has 0 atom stereocenters. The van der Waals surface area contributed by atoms with E-state index in [9.17, 15) is 22.0 Å². The standard InChI is InChI=1S/C9H8F5NO3/c1-17-5-2-15-6(8(10)11)4(3-16)7(5)18-9(12,13)14/h2,8,16H,3H2,1H3. The van der Waals surface area contributed by atoms with Gasteiger partial charge in [-0.25, -0.2) is 8.78 Å². The summed E-state index contributed by atoms with van der Waals surface area (Å²) in [6.07, 6.45) is -7.58. The highest BCUT2D eigenvalue weighted by atomic mass is 19.4. The van der Waals surface area contributed by atoms with Gasteiger partial charge in [-0.1, -0.05) is 0 Å². The van der Waals surface area contributed by atoms with Crippen LogP contribution in [-0.4, -0.2) is 23.6 Å². The van der Waals surface area contributed by atoms with Crippen LogP contribution in [0, 0.1) is 0 Å². The molecule has 0 fully saturated rings. The number of aromatic nitrogens is 1. The quantitative estimate of drug-likeness (QED) is 0.856. The third kappa shape index (κ3) is 3.19. The minimum atomic E-state index is -5.10. The second-order valence-electron chi connectivity index (χ2n) is 3.03. The van der Waals surface area contributed by atoms with Crippen molar-refractivity contribution in [2.75, 3.05) is 7.11 Å². The van der Waals surface area contributed by atoms with E-state index in [1.807, 2.05) is 0 Å². The molecule has 0 spiro atoms. The number of pyridine rings is 1. The van der Waals surface area contributed by atoms with E-state index < -0.39 is 42.2 Å². The molecular weight excluding hydrogens is 265 g/mol. The van der Waals surface area contributed by atoms with Crippen molar-refractivity contribution in [3.05, 3.63) is 17.5 Å². The summed E-state index contributed by atoms with van der Waals surface area (Å²) < 4.78 is 69.5. The van der Waals surface area contributed by atoms with Gasteiger partial charge in [-0.3, -0.25) is 4.98 Å². The van der Waals surface area contributed by atoms with Gasteiger partial charge in [-0.15, -0.1) is 13.2 Å². The molecule has 1 N–H and O–H groups in total. The number of nitrogens with zero attached hydrogens (tertiary/aromatic N) is 1. The van der Waals surface area contributed by atoms with E-state index in [0.717, 1.165) is 7.11 Å². The van der Waals surface area contributed by atoms with E-state index in [2.05, 4.69) is 14.5 Å². The van der Waals surface area contributed by atoms with Crippen LogP contribution >= 0.6 is 0 Å². The average Bonchev–Trinajstić information content (AvgIpc) is 2.26. The van der Waals surface area contributed by atoms with Crippen molar-refractivity contribution in [2.24, 2.45) is 0 Å². The van der Waals surface area contributed by atoms with Crippen LogP contribution in [0.2, 0.25) is 0 Å². The highest BCUT2D eigenvalue weighted by Crippen LogP contribution is 2.38. The third-order valence-electron chi connectivity index (χ3n) is 1.93. The van der Waals surface area contributed by atoms with E-state index in [1.165, 1.54) is 0 Å². The molecule has 1 heterocycles. The molecule has 0 bridgehead atoms. The fourth-order valence-corrected chi connectivity index (χ4v) is 1.24. The topological polar surface area (TPSA) is 51.6 Å². The minimum Gasteiger partial charge on any atom is -0.491 e. The maximum Gasteiger partial charge on any atom is 0.573 e. The number of alkyl halides is 5. The normalized spacial score (nSPS) is 11.8. The molecule has 1 rings (SSSR count). The predicted octanol–water partition coefficient (Wildman–Crippen LogP) is 2.42. The van der Waals surface area contributed by atoms with Crippen LogP contribution in [0.15, 0.2) is 6.20 Å². The van der Waals surface area contributed by atoms with Crippen molar-refractivity contribution in [2.45, 2.75) is 19.4 Å². The largest absolute Gasteiger partial charge is 0.573 e. The van der Waals surface area contributed by atoms with Gasteiger partial charge in [0.1, 0.15) is 5.69 Å². The summed E-state index contributed by atoms with van der Waals surface area (Å²) in [5.41, 5.74) is -1.75. The van der Waals surface area contributed by atoms with Crippen LogP contribution < -0.4 is 9.47 Å². The summed E-state index contributed by atoms with van der Waals surface area (Å²) in [7, 11) is 1.02. The van der Waals surface area contributed by atoms with Gasteiger partial charge in [0, 0.05) is 0 Å². The lowest BCUT2D eigenvalue weighted by Gasteiger charge is -2.17. The Kier molecular flexibility index (Phi) is 4.28. The maximum absolute atomic E-state index is 12.5. The molecule has 0 aliphatic rings. The molecule has 4 nitrogen and oxygen atoms in total. The number of hydrogen-bond acceptors (Lipinski definition) is 4. The lowest BCUT2D eigenvalue weighted by Crippen LogP contribution is -2.19. The molecule has 9 heteroatoms. The number of aliphatic hydroxyl groups is 1. The number of hydrogen-bond donors (Lipinski definition) is 1. The SMILES string of the molecule is COc1cnc(C(F)F)c(CO)c1OC(F)(F)F. The zero-order chi connectivity index (χ0) is 13.9. The van der Waals surface area contributed by atoms with E-state index in [0.29, 0.717) is 6.20 Å². The van der Waals surface area contributed by atoms with E-state index in [1.54, 1.807) is 0 Å². The fraction of sp³-hybridized carbons (Fsp3) is 0.444. The molecule has 0 aliphatic carbocycles. The fourth-order valence-electron chi connectivity index (χ4n) is 1.24. The Balaban J connectivity index is 3.37. The van der Waals surface area contributed by atoms with Gasteiger partial charge in [0.05, 0.1) is 25.5 Å². The summed E-state index contributed by atoms with van der Waals surface area (Å²) in [6.45, 7) is -1.09. The van der Waals surface area contributed by atoms with Crippen LogP contribution in [0.3, 0.4) is 0 Å². The van der Waals surface area contributed by atoms with Gasteiger partial charge in [0.15, 0.2) is 11.5 Å². The number of aliphatic hydroxyl groups excluding tert-OH is 1. The second-order valence-corrected chi connectivity index (χ2v) is 3.03. The van der Waals surface area contributed by atoms with Crippen molar-refractivity contribution < 1.29 is 36.5 Å². The number of methoxy groups -OCH3 is 1. The molecule has 0 saturated carbocycles. The Hall–Kier alpha value is -1.64. The Labute approximate surface area is 98.0 Å². The van der Waals surface area contributed by atoms with Gasteiger partial charge < -0.3 is 14.6 Å². The molecule has 18 heavy (non-hydrogen) atoms. The van der Waals surface area contributed by atoms with Gasteiger partial charge in [0.2, 0.25) is 0 Å². The van der Waals surface area contributed by atoms with Crippen LogP contribution in [0.4, 0.5) is 22.0 Å². The minimum absolute atomic E-state index is 0.499. The molecule has 1 aromatic heterocycles. The first-order chi connectivity index (χ1) is 8.30. The zero-order valence-electron chi connectivity index (χ0n) is 8.96. The van der Waals surface area contributed by atoms with Crippen molar-refractivity contribution >= 4 is 0 Å². The van der Waals surface area contributed by atoms with Crippen molar-refractivity contribution in [1.82, 2.24) is 4.98 Å². The van der Waals surface area contributed by atoms with Crippen LogP contribution in [0.1, 0.15) is 17.7 Å². The van der Waals surface area contributed by atoms with E-state index in [4.69, 9.17) is 5.11 Å². The van der Waals surface area contributed by atoms with Crippen molar-refractivity contribution in [3.63, 3.8) is 0 Å². The van der Waals surface area contributed by atoms with Gasteiger partial charge in [-0.05, 0) is 0 Å². The second kappa shape index (κ2) is 5.34. The Bertz CT molecular complexity index is 421. The summed E-state index contributed by atoms with van der Waals surface area (Å²) in [5.74, 6) is -1.52. The number of halogens is 5. The Morgan fingerprint density at radius 3 is 2.39 bits per heavy atom. The smallest absolute Gasteiger partial charge is 0.491 e. The van der Waals surface area contributed by atoms with Crippen molar-refractivity contribution in [1.29, 1.82) is 0 Å². The first-order valence-electron chi connectivity index (χ1n) is 4.50. The molecule has 0 aliphatic heterocycles. The summed E-state index contributed by atoms with van der Waals surface area (Å²) in [6, 6.07) is 0. The number of ether oxygens (including phenoxy) is 2. The van der Waals surface area contributed by atoms with Gasteiger partial charge >= 0.3 is 6.36 Å². The van der Waals surface area contributed by atoms with Crippen LogP contribution in [-0.2, 0) is 6.61 Å². The monoisotopic (exact) mass is 273 g/mol. The molecule has 0 saturated heterocycles. The molecule has 1 aromatic rings. The molecule has 0 aromatic carbocycles. The Morgan fingerprint density at radius 2 is 2.00 bits per heavy atom. The third-order valence-corrected chi connectivity index (χ3v) is 1.93. The van der Waals surface area contributed by atoms with Gasteiger partial charge in [-0.2, -0.15) is 0 Å². The summed E-state index contributed by atoms with van der Waals surface area (Å²) in [4.78, 5) is 3.23. The molecule has 0 radical (unpaired) electrons. The number of rotatable bonds is 4. The van der Waals surface area contributed by atoms with E-state index >= 15 is 0 Å². The molecule has 102 valence electrons. The van der Waals surface area contributed by atoms with Crippen molar-refractivity contribution in [3.8, 4) is 11.5 Å². The predicted molar refractivity (Wildman–Crippen MR) is 48.4 cm³/mol. The highest BCUT2D eigenvalue weighted by molar-refractivity contribution is 5.47. The lowest BCUT2D eigenvalue weighted by atomic mass is 10.1. The molecule has 0 amide bonds. The first kappa shape index (κ1) is 14.4. The van der Waals surface area contributed by atoms with Gasteiger partial charge in [0.25, 0.3) is 6.43 Å². The first-order valence-corrected chi connectivity index (χ1v) is 4.50. The average molecular weight is 273 g/mol. The molecular formula is C9H8F5NO3. The zero-order valence-corrected chi connectivity index (χ0v) is 8.96. The Morgan fingerprint density at radius 1 is 1.39 bits per heavy atom. The summed E-state index contributed by atoms with van der Waals surface area (Å²) in [5, 5.41) is 8.89. The maximum atomic E-state index is 12.5. The van der Waals surface area contributed by atoms with Crippen LogP contribution in [0.5, 0.6) is 11.5 Å². The molecule has 0 unspecified atom stereocenters. The highest BCUT2D eigenvalue weighted by Gasteiger charge is 2.35. The lowest BCUT2D eigenvalue weighted by molar-refractivity contribution is -0.275. The summed E-state index contributed by atoms with van der Waals surface area (Å²) >= 11 is 0. The van der Waals surface area contributed by atoms with E-state index in [-0.39, 0.29) is 0 Å².